The highest BCUT2D eigenvalue weighted by Crippen LogP contribution is 2.17. The minimum absolute atomic E-state index is 0.0593. The van der Waals surface area contributed by atoms with Gasteiger partial charge in [0.1, 0.15) is 30.2 Å². The van der Waals surface area contributed by atoms with Gasteiger partial charge < -0.3 is 26.2 Å². The molecule has 0 saturated carbocycles. The van der Waals surface area contributed by atoms with E-state index < -0.39 is 59.7 Å². The van der Waals surface area contributed by atoms with Gasteiger partial charge in [0.05, 0.1) is 0 Å². The van der Waals surface area contributed by atoms with E-state index in [1.54, 1.807) is 7.05 Å². The number of nitrogens with zero attached hydrogens (tertiary/aromatic N) is 1. The lowest BCUT2D eigenvalue weighted by atomic mass is 9.96. The number of hydrogen-bond acceptors (Lipinski definition) is 5. The zero-order chi connectivity index (χ0) is 32.4. The van der Waals surface area contributed by atoms with Gasteiger partial charge in [0.25, 0.3) is 0 Å². The topological polar surface area (TPSA) is 137 Å². The summed E-state index contributed by atoms with van der Waals surface area (Å²) in [5.74, 6) is -2.41. The summed E-state index contributed by atoms with van der Waals surface area (Å²) >= 11 is 0. The molecule has 1 aliphatic rings. The molecule has 240 valence electrons. The van der Waals surface area contributed by atoms with E-state index in [0.717, 1.165) is 5.56 Å². The number of nitrogens with one attached hydrogen (secondary N) is 4. The van der Waals surface area contributed by atoms with Crippen molar-refractivity contribution >= 4 is 29.5 Å². The van der Waals surface area contributed by atoms with Crippen LogP contribution in [0.4, 0.5) is 0 Å². The van der Waals surface area contributed by atoms with Gasteiger partial charge in [-0.3, -0.25) is 24.0 Å². The molecule has 0 radical (unpaired) electrons. The molecule has 0 unspecified atom stereocenters. The molecule has 0 aromatic heterocycles. The summed E-state index contributed by atoms with van der Waals surface area (Å²) in [5.41, 5.74) is 0.833. The van der Waals surface area contributed by atoms with Gasteiger partial charge in [0, 0.05) is 13.5 Å². The van der Waals surface area contributed by atoms with E-state index in [9.17, 15) is 24.0 Å². The minimum atomic E-state index is -0.995. The van der Waals surface area contributed by atoms with Gasteiger partial charge in [-0.25, -0.2) is 0 Å². The largest absolute Gasteiger partial charge is 0.343 e. The van der Waals surface area contributed by atoms with E-state index >= 15 is 0 Å². The molecule has 5 atom stereocenters. The average Bonchev–Trinajstić information content (AvgIpc) is 2.90. The monoisotopic (exact) mass is 599 g/mol. The summed E-state index contributed by atoms with van der Waals surface area (Å²) in [5, 5.41) is 11.5. The first-order valence-electron chi connectivity index (χ1n) is 15.6. The number of benzene rings is 1. The number of amides is 5. The number of rotatable bonds is 9. The highest BCUT2D eigenvalue weighted by Gasteiger charge is 2.38. The van der Waals surface area contributed by atoms with Gasteiger partial charge in [-0.2, -0.15) is 0 Å². The first kappa shape index (κ1) is 35.8. The Labute approximate surface area is 257 Å². The van der Waals surface area contributed by atoms with Crippen molar-refractivity contribution in [3.05, 3.63) is 35.9 Å². The zero-order valence-corrected chi connectivity index (χ0v) is 27.4. The summed E-state index contributed by atoms with van der Waals surface area (Å²) in [6.07, 6.45) is 1.23. The molecular weight excluding hydrogens is 546 g/mol. The Hall–Kier alpha value is -3.43. The molecule has 10 heteroatoms. The summed E-state index contributed by atoms with van der Waals surface area (Å²) in [7, 11) is 1.56. The molecule has 0 spiro atoms. The third-order valence-electron chi connectivity index (χ3n) is 7.58. The fraction of sp³-hybridized carbons (Fsp3) is 0.667. The third kappa shape index (κ3) is 11.0. The molecule has 10 nitrogen and oxygen atoms in total. The van der Waals surface area contributed by atoms with Gasteiger partial charge in [-0.05, 0) is 48.5 Å². The maximum atomic E-state index is 13.9. The molecule has 4 N–H and O–H groups in total. The van der Waals surface area contributed by atoms with E-state index in [1.807, 2.05) is 85.7 Å². The molecule has 1 aromatic carbocycles. The van der Waals surface area contributed by atoms with Crippen molar-refractivity contribution in [1.29, 1.82) is 0 Å². The first-order chi connectivity index (χ1) is 20.1. The Morgan fingerprint density at radius 1 is 0.581 bits per heavy atom. The Morgan fingerprint density at radius 3 is 1.44 bits per heavy atom. The summed E-state index contributed by atoms with van der Waals surface area (Å²) < 4.78 is 0. The van der Waals surface area contributed by atoms with Crippen LogP contribution in [0.2, 0.25) is 0 Å². The van der Waals surface area contributed by atoms with Crippen LogP contribution < -0.4 is 21.3 Å². The van der Waals surface area contributed by atoms with Crippen molar-refractivity contribution in [2.24, 2.45) is 23.7 Å². The predicted molar refractivity (Wildman–Crippen MR) is 168 cm³/mol. The van der Waals surface area contributed by atoms with Crippen LogP contribution >= 0.6 is 0 Å². The predicted octanol–water partition coefficient (Wildman–Crippen LogP) is 2.80. The van der Waals surface area contributed by atoms with Crippen molar-refractivity contribution in [2.75, 3.05) is 7.05 Å². The molecule has 1 heterocycles. The Bertz CT molecular complexity index is 1100. The highest BCUT2D eigenvalue weighted by molar-refractivity contribution is 5.98. The number of carbonyl (C=O) groups excluding carboxylic acids is 5. The van der Waals surface area contributed by atoms with E-state index in [-0.39, 0.29) is 30.1 Å². The van der Waals surface area contributed by atoms with E-state index in [0.29, 0.717) is 19.3 Å². The second-order valence-electron chi connectivity index (χ2n) is 13.5. The molecule has 1 fully saturated rings. The zero-order valence-electron chi connectivity index (χ0n) is 27.4. The van der Waals surface area contributed by atoms with Crippen molar-refractivity contribution in [2.45, 2.75) is 111 Å². The van der Waals surface area contributed by atoms with Gasteiger partial charge >= 0.3 is 0 Å². The van der Waals surface area contributed by atoms with Crippen LogP contribution in [0.5, 0.6) is 0 Å². The molecular formula is C33H53N5O5. The van der Waals surface area contributed by atoms with Crippen LogP contribution in [0.1, 0.15) is 80.2 Å². The van der Waals surface area contributed by atoms with Gasteiger partial charge in [-0.15, -0.1) is 0 Å². The van der Waals surface area contributed by atoms with Gasteiger partial charge in [0.2, 0.25) is 29.5 Å². The normalized spacial score (nSPS) is 24.9. The lowest BCUT2D eigenvalue weighted by Gasteiger charge is -2.34. The molecule has 2 rings (SSSR count). The fourth-order valence-electron chi connectivity index (χ4n) is 5.54. The summed E-state index contributed by atoms with van der Waals surface area (Å²) in [4.78, 5) is 70.2. The molecule has 5 amide bonds. The van der Waals surface area contributed by atoms with Crippen LogP contribution in [-0.2, 0) is 30.4 Å². The second kappa shape index (κ2) is 16.4. The second-order valence-corrected chi connectivity index (χ2v) is 13.5. The lowest BCUT2D eigenvalue weighted by molar-refractivity contribution is -0.144. The van der Waals surface area contributed by atoms with Crippen LogP contribution in [0.3, 0.4) is 0 Å². The summed E-state index contributed by atoms with van der Waals surface area (Å²) in [6.45, 7) is 15.4. The van der Waals surface area contributed by atoms with Crippen molar-refractivity contribution in [3.8, 4) is 0 Å². The van der Waals surface area contributed by atoms with Crippen LogP contribution in [0.25, 0.3) is 0 Å². The van der Waals surface area contributed by atoms with Crippen LogP contribution in [-0.4, -0.2) is 71.7 Å². The van der Waals surface area contributed by atoms with E-state index in [1.165, 1.54) is 4.90 Å². The molecule has 0 bridgehead atoms. The molecule has 1 aliphatic heterocycles. The van der Waals surface area contributed by atoms with E-state index in [2.05, 4.69) is 21.3 Å². The average molecular weight is 600 g/mol. The Kier molecular flexibility index (Phi) is 13.7. The number of likely N-dealkylation sites (N-methyl/N-ethyl adjacent to an activating group) is 1. The number of carbonyl (C=O) groups is 5. The number of hydrogen-bond donors (Lipinski definition) is 4. The first-order valence-corrected chi connectivity index (χ1v) is 15.6. The Balaban J connectivity index is 2.64. The maximum absolute atomic E-state index is 13.9. The smallest absolute Gasteiger partial charge is 0.245 e. The molecule has 1 saturated heterocycles. The third-order valence-corrected chi connectivity index (χ3v) is 7.58. The van der Waals surface area contributed by atoms with Crippen molar-refractivity contribution in [3.63, 3.8) is 0 Å². The van der Waals surface area contributed by atoms with Gasteiger partial charge in [0.15, 0.2) is 0 Å². The quantitative estimate of drug-likeness (QED) is 0.346. The molecule has 43 heavy (non-hydrogen) atoms. The Morgan fingerprint density at radius 2 is 0.977 bits per heavy atom. The van der Waals surface area contributed by atoms with E-state index in [4.69, 9.17) is 0 Å². The van der Waals surface area contributed by atoms with Crippen LogP contribution in [0, 0.1) is 23.7 Å². The van der Waals surface area contributed by atoms with Crippen LogP contribution in [0.15, 0.2) is 30.3 Å². The maximum Gasteiger partial charge on any atom is 0.245 e. The SMILES string of the molecule is CC(C)C[C@@H]1NC(=O)[C@@H](Cc2ccccc2)NC(=O)[C@H](CC(C)C)NC(=O)[C@@H](C(C)C)N(C)C(=O)[C@H](CC(C)C)NC1=O. The lowest BCUT2D eigenvalue weighted by Crippen LogP contribution is -2.59. The molecule has 1 aromatic rings. The molecule has 0 aliphatic carbocycles. The standard InChI is InChI=1S/C33H53N5O5/c1-19(2)15-24-30(40)37-27(17-21(5)6)33(43)38(9)28(22(7)8)32(42)36-25(16-20(3)4)29(39)35-26(31(41)34-24)18-23-13-11-10-12-14-23/h10-14,19-22,24-28H,15-18H2,1-9H3,(H,34,41)(H,35,39)(H,36,42)(H,37,40)/t24-,25-,26+,27-,28+/m0/s1. The van der Waals surface area contributed by atoms with Gasteiger partial charge in [-0.1, -0.05) is 85.7 Å². The summed E-state index contributed by atoms with van der Waals surface area (Å²) in [6, 6.07) is 4.70. The van der Waals surface area contributed by atoms with Crippen molar-refractivity contribution < 1.29 is 24.0 Å². The minimum Gasteiger partial charge on any atom is -0.343 e. The fourth-order valence-corrected chi connectivity index (χ4v) is 5.54. The van der Waals surface area contributed by atoms with Crippen molar-refractivity contribution in [1.82, 2.24) is 26.2 Å². The highest BCUT2D eigenvalue weighted by atomic mass is 16.2.